The second kappa shape index (κ2) is 4.26. The first-order valence-electron chi connectivity index (χ1n) is 6.54. The van der Waals surface area contributed by atoms with E-state index in [9.17, 15) is 0 Å². The molecule has 0 radical (unpaired) electrons. The summed E-state index contributed by atoms with van der Waals surface area (Å²) in [6, 6.07) is 1.91. The van der Waals surface area contributed by atoms with E-state index in [1.807, 2.05) is 13.0 Å². The summed E-state index contributed by atoms with van der Waals surface area (Å²) in [5.74, 6) is 2.60. The minimum absolute atomic E-state index is 0.0565. The molecule has 2 saturated carbocycles. The normalized spacial score (nSPS) is 21.5. The first-order chi connectivity index (χ1) is 8.28. The van der Waals surface area contributed by atoms with Crippen LogP contribution in [-0.4, -0.2) is 16.6 Å². The van der Waals surface area contributed by atoms with Crippen molar-refractivity contribution in [3.63, 3.8) is 0 Å². The number of hydrogen-bond donors (Lipinski definition) is 1. The molecule has 4 heteroatoms. The van der Waals surface area contributed by atoms with Crippen molar-refractivity contribution < 1.29 is 4.74 Å². The molecule has 1 atom stereocenters. The second-order valence-corrected chi connectivity index (χ2v) is 5.06. The van der Waals surface area contributed by atoms with Crippen molar-refractivity contribution in [2.75, 3.05) is 12.3 Å². The molecule has 2 aliphatic rings. The van der Waals surface area contributed by atoms with Crippen LogP contribution in [0.25, 0.3) is 0 Å². The van der Waals surface area contributed by atoms with Gasteiger partial charge in [-0.25, -0.2) is 9.97 Å². The van der Waals surface area contributed by atoms with Crippen LogP contribution in [0, 0.1) is 5.92 Å². The maximum atomic E-state index is 5.87. The number of nitrogens with two attached hydrogens (primary N) is 1. The molecule has 0 spiro atoms. The Balaban J connectivity index is 1.88. The molecule has 2 N–H and O–H groups in total. The van der Waals surface area contributed by atoms with Crippen LogP contribution in [0.3, 0.4) is 0 Å². The second-order valence-electron chi connectivity index (χ2n) is 5.06. The quantitative estimate of drug-likeness (QED) is 0.848. The summed E-state index contributed by atoms with van der Waals surface area (Å²) in [6.45, 7) is 2.72. The monoisotopic (exact) mass is 233 g/mol. The highest BCUT2D eigenvalue weighted by Crippen LogP contribution is 2.44. The van der Waals surface area contributed by atoms with Gasteiger partial charge in [0.2, 0.25) is 0 Å². The van der Waals surface area contributed by atoms with Gasteiger partial charge in [-0.15, -0.1) is 0 Å². The molecule has 1 unspecified atom stereocenters. The van der Waals surface area contributed by atoms with Gasteiger partial charge in [-0.05, 0) is 38.5 Å². The van der Waals surface area contributed by atoms with Gasteiger partial charge in [-0.3, -0.25) is 0 Å². The van der Waals surface area contributed by atoms with E-state index in [1.165, 1.54) is 25.7 Å². The predicted molar refractivity (Wildman–Crippen MR) is 65.5 cm³/mol. The number of anilines is 1. The van der Waals surface area contributed by atoms with Crippen LogP contribution in [0.4, 0.5) is 5.82 Å². The zero-order chi connectivity index (χ0) is 11.8. The molecule has 0 aliphatic heterocycles. The molecule has 0 saturated heterocycles. The first-order valence-corrected chi connectivity index (χ1v) is 6.54. The van der Waals surface area contributed by atoms with Gasteiger partial charge in [0.25, 0.3) is 0 Å². The SMILES string of the molecule is CCOC(c1nc(N)cc(C2CC2)n1)C1CC1. The molecule has 3 rings (SSSR count). The Kier molecular flexibility index (Phi) is 2.74. The lowest BCUT2D eigenvalue weighted by Gasteiger charge is -2.16. The van der Waals surface area contributed by atoms with Crippen molar-refractivity contribution in [3.05, 3.63) is 17.6 Å². The van der Waals surface area contributed by atoms with Crippen LogP contribution in [0.15, 0.2) is 6.07 Å². The van der Waals surface area contributed by atoms with Crippen molar-refractivity contribution in [1.82, 2.24) is 9.97 Å². The molecule has 2 aliphatic carbocycles. The summed E-state index contributed by atoms with van der Waals surface area (Å²) < 4.78 is 5.78. The standard InChI is InChI=1S/C13H19N3O/c1-2-17-12(9-5-6-9)13-15-10(8-3-4-8)7-11(14)16-13/h7-9,12H,2-6H2,1H3,(H2,14,15,16). The average Bonchev–Trinajstić information content (AvgIpc) is 3.18. The molecule has 0 amide bonds. The van der Waals surface area contributed by atoms with Gasteiger partial charge in [0.05, 0.1) is 0 Å². The lowest BCUT2D eigenvalue weighted by Crippen LogP contribution is -2.13. The zero-order valence-electron chi connectivity index (χ0n) is 10.2. The molecule has 1 heterocycles. The number of ether oxygens (including phenoxy) is 1. The van der Waals surface area contributed by atoms with E-state index in [0.717, 1.165) is 11.5 Å². The number of nitrogen functional groups attached to an aromatic ring is 1. The van der Waals surface area contributed by atoms with Crippen LogP contribution >= 0.6 is 0 Å². The number of aromatic nitrogens is 2. The van der Waals surface area contributed by atoms with Gasteiger partial charge in [0.1, 0.15) is 11.9 Å². The van der Waals surface area contributed by atoms with Gasteiger partial charge < -0.3 is 10.5 Å². The molecule has 1 aromatic rings. The van der Waals surface area contributed by atoms with E-state index in [0.29, 0.717) is 24.3 Å². The molecule has 17 heavy (non-hydrogen) atoms. The minimum Gasteiger partial charge on any atom is -0.384 e. The van der Waals surface area contributed by atoms with Gasteiger partial charge in [-0.2, -0.15) is 0 Å². The molecule has 4 nitrogen and oxygen atoms in total. The Labute approximate surface area is 102 Å². The zero-order valence-corrected chi connectivity index (χ0v) is 10.2. The number of nitrogens with zero attached hydrogens (tertiary/aromatic N) is 2. The van der Waals surface area contributed by atoms with Crippen molar-refractivity contribution >= 4 is 5.82 Å². The highest BCUT2D eigenvalue weighted by atomic mass is 16.5. The Morgan fingerprint density at radius 3 is 2.71 bits per heavy atom. The molecule has 1 aromatic heterocycles. The van der Waals surface area contributed by atoms with Crippen LogP contribution in [-0.2, 0) is 4.74 Å². The molecular formula is C13H19N3O. The Morgan fingerprint density at radius 2 is 2.12 bits per heavy atom. The largest absolute Gasteiger partial charge is 0.384 e. The summed E-state index contributed by atoms with van der Waals surface area (Å²) in [5, 5.41) is 0. The van der Waals surface area contributed by atoms with Crippen molar-refractivity contribution in [2.24, 2.45) is 5.92 Å². The Bertz CT molecular complexity index is 413. The third-order valence-electron chi connectivity index (χ3n) is 3.43. The smallest absolute Gasteiger partial charge is 0.160 e. The molecule has 92 valence electrons. The van der Waals surface area contributed by atoms with Crippen molar-refractivity contribution in [3.8, 4) is 0 Å². The van der Waals surface area contributed by atoms with E-state index in [1.54, 1.807) is 0 Å². The van der Waals surface area contributed by atoms with Crippen LogP contribution < -0.4 is 5.73 Å². The number of rotatable bonds is 5. The fourth-order valence-corrected chi connectivity index (χ4v) is 2.22. The lowest BCUT2D eigenvalue weighted by atomic mass is 10.2. The predicted octanol–water partition coefficient (Wildman–Crippen LogP) is 2.42. The van der Waals surface area contributed by atoms with Gasteiger partial charge in [0, 0.05) is 24.3 Å². The summed E-state index contributed by atoms with van der Waals surface area (Å²) in [5.41, 5.74) is 6.98. The van der Waals surface area contributed by atoms with E-state index in [-0.39, 0.29) is 6.10 Å². The van der Waals surface area contributed by atoms with Crippen LogP contribution in [0.1, 0.15) is 56.1 Å². The molecule has 0 aromatic carbocycles. The van der Waals surface area contributed by atoms with Crippen molar-refractivity contribution in [2.45, 2.75) is 44.6 Å². The van der Waals surface area contributed by atoms with E-state index < -0.39 is 0 Å². The van der Waals surface area contributed by atoms with Gasteiger partial charge in [0.15, 0.2) is 5.82 Å². The summed E-state index contributed by atoms with van der Waals surface area (Å²) in [7, 11) is 0. The summed E-state index contributed by atoms with van der Waals surface area (Å²) >= 11 is 0. The van der Waals surface area contributed by atoms with Gasteiger partial charge >= 0.3 is 0 Å². The maximum absolute atomic E-state index is 5.87. The summed E-state index contributed by atoms with van der Waals surface area (Å²) in [4.78, 5) is 9.03. The number of hydrogen-bond acceptors (Lipinski definition) is 4. The van der Waals surface area contributed by atoms with Crippen LogP contribution in [0.2, 0.25) is 0 Å². The highest BCUT2D eigenvalue weighted by Gasteiger charge is 2.36. The topological polar surface area (TPSA) is 61.0 Å². The molecular weight excluding hydrogens is 214 g/mol. The Hall–Kier alpha value is -1.16. The minimum atomic E-state index is 0.0565. The van der Waals surface area contributed by atoms with E-state index >= 15 is 0 Å². The highest BCUT2D eigenvalue weighted by molar-refractivity contribution is 5.33. The fraction of sp³-hybridized carbons (Fsp3) is 0.692. The molecule has 0 bridgehead atoms. The lowest BCUT2D eigenvalue weighted by molar-refractivity contribution is 0.0400. The van der Waals surface area contributed by atoms with E-state index in [4.69, 9.17) is 10.5 Å². The van der Waals surface area contributed by atoms with Crippen LogP contribution in [0.5, 0.6) is 0 Å². The Morgan fingerprint density at radius 1 is 1.35 bits per heavy atom. The average molecular weight is 233 g/mol. The maximum Gasteiger partial charge on any atom is 0.160 e. The van der Waals surface area contributed by atoms with Crippen molar-refractivity contribution in [1.29, 1.82) is 0 Å². The third-order valence-corrected chi connectivity index (χ3v) is 3.43. The third kappa shape index (κ3) is 2.41. The molecule has 2 fully saturated rings. The first kappa shape index (κ1) is 11.0. The fourth-order valence-electron chi connectivity index (χ4n) is 2.22. The van der Waals surface area contributed by atoms with Gasteiger partial charge in [-0.1, -0.05) is 0 Å². The summed E-state index contributed by atoms with van der Waals surface area (Å²) in [6.07, 6.45) is 4.97. The van der Waals surface area contributed by atoms with E-state index in [2.05, 4.69) is 9.97 Å².